The lowest BCUT2D eigenvalue weighted by Gasteiger charge is -2.30. The second-order valence-electron chi connectivity index (χ2n) is 11.2. The maximum atomic E-state index is 13.4. The molecule has 0 radical (unpaired) electrons. The Hall–Kier alpha value is -2.40. The minimum absolute atomic E-state index is 0.0567. The highest BCUT2D eigenvalue weighted by atomic mass is 127. The Balaban J connectivity index is 1.43. The number of rotatable bonds is 13. The summed E-state index contributed by atoms with van der Waals surface area (Å²) in [5.74, 6) is -1.11. The summed E-state index contributed by atoms with van der Waals surface area (Å²) in [7, 11) is 1.55. The number of phenolic OH excluding ortho intramolecular Hbond substituents is 1. The largest absolute Gasteiger partial charge is 0.504 e. The van der Waals surface area contributed by atoms with E-state index in [-0.39, 0.29) is 47.8 Å². The van der Waals surface area contributed by atoms with Gasteiger partial charge in [0.25, 0.3) is 0 Å². The van der Waals surface area contributed by atoms with Gasteiger partial charge >= 0.3 is 5.97 Å². The van der Waals surface area contributed by atoms with Gasteiger partial charge in [-0.05, 0) is 91.3 Å². The van der Waals surface area contributed by atoms with Gasteiger partial charge in [0, 0.05) is 18.9 Å². The van der Waals surface area contributed by atoms with Crippen molar-refractivity contribution >= 4 is 46.5 Å². The Morgan fingerprint density at radius 1 is 1.15 bits per heavy atom. The molecule has 218 valence electrons. The molecular weight excluding hydrogens is 625 g/mol. The van der Waals surface area contributed by atoms with Gasteiger partial charge in [-0.3, -0.25) is 19.3 Å². The summed E-state index contributed by atoms with van der Waals surface area (Å²) >= 11 is 2.11. The number of likely N-dealkylation sites (tertiary alicyclic amines) is 1. The second-order valence-corrected chi connectivity index (χ2v) is 12.3. The number of carbonyl (C=O) groups excluding carboxylic acids is 2. The molecule has 0 spiro atoms. The van der Waals surface area contributed by atoms with E-state index in [1.165, 1.54) is 21.6 Å². The first-order valence-electron chi connectivity index (χ1n) is 14.3. The average molecular weight is 666 g/mol. The standard InChI is InChI=1S/C31H40INO7/c1-4-8-19(14-20-15-23(32)29(36)25(16-20)39-3)10-11-24-27-18(2)13-21-28(22(27)17-40-24)31(38)33(30(21)37)12-7-5-6-9-26(34)35/h14-16,21-22,24,28,36H,4-13,17H2,1-3H3,(H,34,35)/b19-14+/t21-,22+,24-,28-/m1/s1. The van der Waals surface area contributed by atoms with Gasteiger partial charge in [0.05, 0.1) is 35.2 Å². The Morgan fingerprint density at radius 3 is 2.62 bits per heavy atom. The zero-order valence-electron chi connectivity index (χ0n) is 23.6. The highest BCUT2D eigenvalue weighted by Gasteiger charge is 2.56. The number of ether oxygens (including phenoxy) is 2. The number of carbonyl (C=O) groups is 3. The van der Waals surface area contributed by atoms with Crippen LogP contribution in [0, 0.1) is 21.3 Å². The van der Waals surface area contributed by atoms with Gasteiger partial charge in [-0.25, -0.2) is 0 Å². The summed E-state index contributed by atoms with van der Waals surface area (Å²) in [6.45, 7) is 5.07. The summed E-state index contributed by atoms with van der Waals surface area (Å²) < 4.78 is 12.4. The average Bonchev–Trinajstić information content (AvgIpc) is 3.44. The first kappa shape index (κ1) is 30.6. The van der Waals surface area contributed by atoms with Gasteiger partial charge in [-0.2, -0.15) is 0 Å². The van der Waals surface area contributed by atoms with Crippen molar-refractivity contribution in [2.45, 2.75) is 77.7 Å². The van der Waals surface area contributed by atoms with E-state index >= 15 is 0 Å². The first-order valence-corrected chi connectivity index (χ1v) is 15.4. The molecular formula is C31H40INO7. The molecule has 2 fully saturated rings. The highest BCUT2D eigenvalue weighted by Crippen LogP contribution is 2.49. The predicted molar refractivity (Wildman–Crippen MR) is 160 cm³/mol. The van der Waals surface area contributed by atoms with E-state index in [1.807, 2.05) is 12.1 Å². The molecule has 1 aromatic carbocycles. The van der Waals surface area contributed by atoms with E-state index in [2.05, 4.69) is 42.5 Å². The van der Waals surface area contributed by atoms with Gasteiger partial charge in [0.1, 0.15) is 0 Å². The van der Waals surface area contributed by atoms with Crippen molar-refractivity contribution in [3.8, 4) is 11.5 Å². The molecule has 4 rings (SSSR count). The van der Waals surface area contributed by atoms with E-state index in [4.69, 9.17) is 14.6 Å². The molecule has 40 heavy (non-hydrogen) atoms. The van der Waals surface area contributed by atoms with Crippen LogP contribution in [0.5, 0.6) is 11.5 Å². The lowest BCUT2D eigenvalue weighted by Crippen LogP contribution is -2.34. The Bertz CT molecular complexity index is 1210. The molecule has 2 amide bonds. The summed E-state index contributed by atoms with van der Waals surface area (Å²) in [6, 6.07) is 3.80. The number of carboxylic acids is 1. The topological polar surface area (TPSA) is 113 Å². The predicted octanol–water partition coefficient (Wildman–Crippen LogP) is 5.95. The molecule has 2 saturated heterocycles. The number of nitrogens with zero attached hydrogens (tertiary/aromatic N) is 1. The quantitative estimate of drug-likeness (QED) is 0.116. The van der Waals surface area contributed by atoms with Crippen LogP contribution in [0.15, 0.2) is 28.9 Å². The molecule has 8 nitrogen and oxygen atoms in total. The van der Waals surface area contributed by atoms with Gasteiger partial charge in [0.15, 0.2) is 11.5 Å². The van der Waals surface area contributed by atoms with Crippen molar-refractivity contribution < 1.29 is 34.1 Å². The first-order chi connectivity index (χ1) is 19.2. The SMILES string of the molecule is CCC/C(=C\c1cc(I)c(O)c(OC)c1)CC[C@H]1OC[C@H]2C1=C(C)C[C@H]1C(=O)N(CCCCCC(=O)O)C(=O)[C@H]12. The number of fused-ring (bicyclic) bond motifs is 3. The van der Waals surface area contributed by atoms with Crippen LogP contribution >= 0.6 is 22.6 Å². The van der Waals surface area contributed by atoms with E-state index < -0.39 is 5.97 Å². The number of hydrogen-bond acceptors (Lipinski definition) is 6. The van der Waals surface area contributed by atoms with Crippen LogP contribution < -0.4 is 4.74 Å². The Labute approximate surface area is 249 Å². The van der Waals surface area contributed by atoms with Crippen molar-refractivity contribution in [2.24, 2.45) is 17.8 Å². The van der Waals surface area contributed by atoms with Crippen molar-refractivity contribution in [3.63, 3.8) is 0 Å². The molecule has 0 saturated carbocycles. The monoisotopic (exact) mass is 665 g/mol. The third-order valence-electron chi connectivity index (χ3n) is 8.46. The van der Waals surface area contributed by atoms with E-state index in [0.29, 0.717) is 44.6 Å². The summed E-state index contributed by atoms with van der Waals surface area (Å²) in [6.07, 6.45) is 8.31. The number of amides is 2. The minimum atomic E-state index is -0.822. The molecule has 3 aliphatic rings. The number of halogens is 1. The van der Waals surface area contributed by atoms with Crippen LogP contribution in [0.4, 0.5) is 0 Å². The van der Waals surface area contributed by atoms with Gasteiger partial charge < -0.3 is 19.7 Å². The summed E-state index contributed by atoms with van der Waals surface area (Å²) in [5, 5.41) is 19.0. The number of imide groups is 1. The molecule has 0 unspecified atom stereocenters. The zero-order chi connectivity index (χ0) is 29.0. The third kappa shape index (κ3) is 6.56. The molecule has 2 N–H and O–H groups in total. The number of methoxy groups -OCH3 is 1. The van der Waals surface area contributed by atoms with E-state index in [9.17, 15) is 19.5 Å². The second kappa shape index (κ2) is 13.5. The number of allylic oxidation sites excluding steroid dienone is 2. The molecule has 1 aliphatic carbocycles. The van der Waals surface area contributed by atoms with Crippen LogP contribution in [0.1, 0.15) is 77.2 Å². The number of benzene rings is 1. The maximum Gasteiger partial charge on any atom is 0.303 e. The third-order valence-corrected chi connectivity index (χ3v) is 9.28. The van der Waals surface area contributed by atoms with Crippen molar-refractivity contribution in [3.05, 3.63) is 38.0 Å². The van der Waals surface area contributed by atoms with Crippen LogP contribution in [-0.2, 0) is 19.1 Å². The number of phenols is 1. The molecule has 4 atom stereocenters. The fraction of sp³-hybridized carbons (Fsp3) is 0.581. The van der Waals surface area contributed by atoms with Crippen molar-refractivity contribution in [1.82, 2.24) is 4.90 Å². The zero-order valence-corrected chi connectivity index (χ0v) is 25.7. The van der Waals surface area contributed by atoms with Crippen LogP contribution in [0.25, 0.3) is 6.08 Å². The highest BCUT2D eigenvalue weighted by molar-refractivity contribution is 14.1. The van der Waals surface area contributed by atoms with Crippen LogP contribution in [0.3, 0.4) is 0 Å². The molecule has 1 aromatic rings. The van der Waals surface area contributed by atoms with Crippen LogP contribution in [-0.4, -0.2) is 59.3 Å². The molecule has 2 heterocycles. The van der Waals surface area contributed by atoms with Gasteiger partial charge in [0.2, 0.25) is 11.8 Å². The lowest BCUT2D eigenvalue weighted by molar-refractivity contribution is -0.141. The fourth-order valence-electron chi connectivity index (χ4n) is 6.61. The number of hydrogen-bond donors (Lipinski definition) is 2. The van der Waals surface area contributed by atoms with Gasteiger partial charge in [-0.15, -0.1) is 0 Å². The summed E-state index contributed by atoms with van der Waals surface area (Å²) in [4.78, 5) is 38.8. The Kier molecular flexibility index (Phi) is 10.3. The van der Waals surface area contributed by atoms with Crippen molar-refractivity contribution in [2.75, 3.05) is 20.3 Å². The van der Waals surface area contributed by atoms with Gasteiger partial charge in [-0.1, -0.05) is 37.0 Å². The number of aliphatic carboxylic acids is 1. The molecule has 0 bridgehead atoms. The normalized spacial score (nSPS) is 24.5. The van der Waals surface area contributed by atoms with E-state index in [1.54, 1.807) is 7.11 Å². The molecule has 9 heteroatoms. The van der Waals surface area contributed by atoms with Crippen molar-refractivity contribution in [1.29, 1.82) is 0 Å². The number of carboxylic acid groups (broad SMARTS) is 1. The lowest BCUT2D eigenvalue weighted by atomic mass is 9.70. The Morgan fingerprint density at radius 2 is 1.93 bits per heavy atom. The molecule has 2 aliphatic heterocycles. The number of unbranched alkanes of at least 4 members (excludes halogenated alkanes) is 2. The van der Waals surface area contributed by atoms with Crippen LogP contribution in [0.2, 0.25) is 0 Å². The van der Waals surface area contributed by atoms with E-state index in [0.717, 1.165) is 34.8 Å². The smallest absolute Gasteiger partial charge is 0.303 e. The summed E-state index contributed by atoms with van der Waals surface area (Å²) in [5.41, 5.74) is 4.67. The molecule has 0 aromatic heterocycles. The fourth-order valence-corrected chi connectivity index (χ4v) is 7.24. The number of aromatic hydroxyl groups is 1. The maximum absolute atomic E-state index is 13.4. The minimum Gasteiger partial charge on any atom is -0.504 e.